The molecule has 6 nitrogen and oxygen atoms in total. The Morgan fingerprint density at radius 2 is 2.33 bits per heavy atom. The minimum Gasteiger partial charge on any atom is -0.444 e. The quantitative estimate of drug-likeness (QED) is 0.692. The van der Waals surface area contributed by atoms with Crippen LogP contribution in [0.25, 0.3) is 0 Å². The fourth-order valence-corrected chi connectivity index (χ4v) is 1.81. The summed E-state index contributed by atoms with van der Waals surface area (Å²) in [5, 5.41) is 13.8. The number of aryl methyl sites for hydroxylation is 1. The Hall–Kier alpha value is -1.89. The summed E-state index contributed by atoms with van der Waals surface area (Å²) in [6.45, 7) is 2.09. The number of benzene rings is 1. The van der Waals surface area contributed by atoms with E-state index in [1.807, 2.05) is 0 Å². The summed E-state index contributed by atoms with van der Waals surface area (Å²) in [6.07, 6.45) is 1.60. The van der Waals surface area contributed by atoms with Crippen LogP contribution in [0.1, 0.15) is 11.7 Å². The lowest BCUT2D eigenvalue weighted by atomic mass is 10.2. The van der Waals surface area contributed by atoms with Gasteiger partial charge in [-0.25, -0.2) is 4.98 Å². The highest BCUT2D eigenvalue weighted by Crippen LogP contribution is 2.28. The molecule has 0 amide bonds. The van der Waals surface area contributed by atoms with Gasteiger partial charge in [0, 0.05) is 10.5 Å². The summed E-state index contributed by atoms with van der Waals surface area (Å²) in [6, 6.07) is 4.82. The summed E-state index contributed by atoms with van der Waals surface area (Å²) in [5.74, 6) is 1.20. The number of halogens is 1. The van der Waals surface area contributed by atoms with Crippen LogP contribution in [0.15, 0.2) is 33.3 Å². The molecule has 0 spiro atoms. The fourth-order valence-electron chi connectivity index (χ4n) is 1.46. The van der Waals surface area contributed by atoms with Crippen molar-refractivity contribution in [2.24, 2.45) is 0 Å². The molecule has 1 N–H and O–H groups in total. The highest BCUT2D eigenvalue weighted by atomic mass is 79.9. The first-order valence-corrected chi connectivity index (χ1v) is 5.94. The molecule has 0 bridgehead atoms. The second kappa shape index (κ2) is 5.18. The first kappa shape index (κ1) is 12.6. The second-order valence-electron chi connectivity index (χ2n) is 3.64. The average Bonchev–Trinajstić information content (AvgIpc) is 2.73. The lowest BCUT2D eigenvalue weighted by molar-refractivity contribution is -0.384. The van der Waals surface area contributed by atoms with Gasteiger partial charge in [0.15, 0.2) is 0 Å². The van der Waals surface area contributed by atoms with Crippen LogP contribution in [0, 0.1) is 17.0 Å². The van der Waals surface area contributed by atoms with Gasteiger partial charge >= 0.3 is 0 Å². The molecule has 1 heterocycles. The number of hydrogen-bond acceptors (Lipinski definition) is 5. The first-order chi connectivity index (χ1) is 8.56. The maximum atomic E-state index is 10.9. The Bertz CT molecular complexity index is 583. The largest absolute Gasteiger partial charge is 0.444 e. The molecule has 0 fully saturated rings. The number of aromatic nitrogens is 1. The number of hydrogen-bond donors (Lipinski definition) is 1. The van der Waals surface area contributed by atoms with Crippen LogP contribution in [0.5, 0.6) is 0 Å². The smallest absolute Gasteiger partial charge is 0.293 e. The zero-order valence-electron chi connectivity index (χ0n) is 9.51. The number of nitrogens with zero attached hydrogens (tertiary/aromatic N) is 2. The summed E-state index contributed by atoms with van der Waals surface area (Å²) in [4.78, 5) is 14.5. The van der Waals surface area contributed by atoms with Gasteiger partial charge in [0.1, 0.15) is 11.4 Å². The predicted octanol–water partition coefficient (Wildman–Crippen LogP) is 3.27. The molecule has 0 aliphatic rings. The zero-order valence-corrected chi connectivity index (χ0v) is 11.1. The number of oxazole rings is 1. The van der Waals surface area contributed by atoms with Crippen LogP contribution < -0.4 is 5.32 Å². The number of anilines is 1. The van der Waals surface area contributed by atoms with Gasteiger partial charge < -0.3 is 9.73 Å². The van der Waals surface area contributed by atoms with Crippen molar-refractivity contribution in [2.75, 3.05) is 5.32 Å². The Morgan fingerprint density at radius 1 is 1.56 bits per heavy atom. The van der Waals surface area contributed by atoms with E-state index in [0.717, 1.165) is 0 Å². The molecular formula is C11H10BrN3O3. The van der Waals surface area contributed by atoms with E-state index in [1.165, 1.54) is 6.07 Å². The summed E-state index contributed by atoms with van der Waals surface area (Å²) >= 11 is 3.20. The Morgan fingerprint density at radius 3 is 2.94 bits per heavy atom. The number of rotatable bonds is 4. The number of nitro benzene ring substituents is 1. The third kappa shape index (κ3) is 2.86. The van der Waals surface area contributed by atoms with Crippen molar-refractivity contribution in [3.63, 3.8) is 0 Å². The Kier molecular flexibility index (Phi) is 3.61. The monoisotopic (exact) mass is 311 g/mol. The maximum absolute atomic E-state index is 10.9. The van der Waals surface area contributed by atoms with Crippen molar-refractivity contribution < 1.29 is 9.34 Å². The molecule has 1 aromatic carbocycles. The van der Waals surface area contributed by atoms with Crippen LogP contribution in [0.4, 0.5) is 11.4 Å². The molecule has 7 heteroatoms. The van der Waals surface area contributed by atoms with Crippen molar-refractivity contribution in [2.45, 2.75) is 13.5 Å². The zero-order chi connectivity index (χ0) is 13.1. The van der Waals surface area contributed by atoms with Gasteiger partial charge in [0.05, 0.1) is 17.7 Å². The van der Waals surface area contributed by atoms with Crippen LogP contribution in [-0.4, -0.2) is 9.91 Å². The molecule has 0 atom stereocenters. The first-order valence-electron chi connectivity index (χ1n) is 5.15. The van der Waals surface area contributed by atoms with Gasteiger partial charge in [-0.2, -0.15) is 0 Å². The summed E-state index contributed by atoms with van der Waals surface area (Å²) in [5.41, 5.74) is 0.437. The molecule has 0 saturated heterocycles. The van der Waals surface area contributed by atoms with Crippen LogP contribution >= 0.6 is 15.9 Å². The lowest BCUT2D eigenvalue weighted by Gasteiger charge is -2.05. The Labute approximate surface area is 111 Å². The molecule has 0 unspecified atom stereocenters. The van der Waals surface area contributed by atoms with E-state index in [1.54, 1.807) is 25.3 Å². The number of nitro groups is 1. The fraction of sp³-hybridized carbons (Fsp3) is 0.182. The van der Waals surface area contributed by atoms with Crippen molar-refractivity contribution in [1.82, 2.24) is 4.98 Å². The van der Waals surface area contributed by atoms with Gasteiger partial charge in [-0.05, 0) is 19.1 Å². The normalized spacial score (nSPS) is 10.3. The van der Waals surface area contributed by atoms with Gasteiger partial charge in [0.2, 0.25) is 5.89 Å². The molecule has 0 saturated carbocycles. The maximum Gasteiger partial charge on any atom is 0.293 e. The Balaban J connectivity index is 2.16. The van der Waals surface area contributed by atoms with E-state index in [-0.39, 0.29) is 5.69 Å². The van der Waals surface area contributed by atoms with Gasteiger partial charge in [-0.3, -0.25) is 10.1 Å². The summed E-state index contributed by atoms with van der Waals surface area (Å²) < 4.78 is 5.94. The molecule has 2 rings (SSSR count). The van der Waals surface area contributed by atoms with E-state index in [4.69, 9.17) is 4.42 Å². The van der Waals surface area contributed by atoms with Crippen molar-refractivity contribution >= 4 is 27.3 Å². The van der Waals surface area contributed by atoms with Crippen molar-refractivity contribution in [1.29, 1.82) is 0 Å². The third-order valence-electron chi connectivity index (χ3n) is 2.26. The van der Waals surface area contributed by atoms with Crippen LogP contribution in [0.3, 0.4) is 0 Å². The molecular weight excluding hydrogens is 302 g/mol. The van der Waals surface area contributed by atoms with E-state index in [2.05, 4.69) is 26.2 Å². The highest BCUT2D eigenvalue weighted by molar-refractivity contribution is 9.10. The van der Waals surface area contributed by atoms with E-state index < -0.39 is 4.92 Å². The molecule has 0 aliphatic carbocycles. The molecule has 18 heavy (non-hydrogen) atoms. The highest BCUT2D eigenvalue weighted by Gasteiger charge is 2.14. The minimum atomic E-state index is -0.437. The van der Waals surface area contributed by atoms with Crippen LogP contribution in [0.2, 0.25) is 0 Å². The molecule has 1 aromatic heterocycles. The van der Waals surface area contributed by atoms with E-state index >= 15 is 0 Å². The topological polar surface area (TPSA) is 81.2 Å². The SMILES string of the molecule is Cc1cnc(CNc2ccc(Br)cc2[N+](=O)[O-])o1. The molecule has 0 aliphatic heterocycles. The number of nitrogens with one attached hydrogen (secondary N) is 1. The summed E-state index contributed by atoms with van der Waals surface area (Å²) in [7, 11) is 0. The van der Waals surface area contributed by atoms with Crippen LogP contribution in [-0.2, 0) is 6.54 Å². The standard InChI is InChI=1S/C11H10BrN3O3/c1-7-5-14-11(18-7)6-13-9-3-2-8(12)4-10(9)15(16)17/h2-5,13H,6H2,1H3. The van der Waals surface area contributed by atoms with Crippen molar-refractivity contribution in [3.8, 4) is 0 Å². The molecule has 2 aromatic rings. The third-order valence-corrected chi connectivity index (χ3v) is 2.75. The average molecular weight is 312 g/mol. The molecule has 0 radical (unpaired) electrons. The van der Waals surface area contributed by atoms with Gasteiger partial charge in [0.25, 0.3) is 5.69 Å². The van der Waals surface area contributed by atoms with Gasteiger partial charge in [-0.1, -0.05) is 15.9 Å². The van der Waals surface area contributed by atoms with Crippen molar-refractivity contribution in [3.05, 3.63) is 50.6 Å². The lowest BCUT2D eigenvalue weighted by Crippen LogP contribution is -2.02. The minimum absolute atomic E-state index is 0.00709. The second-order valence-corrected chi connectivity index (χ2v) is 4.55. The van der Waals surface area contributed by atoms with E-state index in [0.29, 0.717) is 28.4 Å². The predicted molar refractivity (Wildman–Crippen MR) is 69.4 cm³/mol. The molecule has 94 valence electrons. The van der Waals surface area contributed by atoms with Gasteiger partial charge in [-0.15, -0.1) is 0 Å². The van der Waals surface area contributed by atoms with E-state index in [9.17, 15) is 10.1 Å².